The van der Waals surface area contributed by atoms with Crippen LogP contribution >= 0.6 is 0 Å². The first-order valence-electron chi connectivity index (χ1n) is 10.9. The highest BCUT2D eigenvalue weighted by molar-refractivity contribution is 7.90. The lowest BCUT2D eigenvalue weighted by molar-refractivity contribution is 0.0677. The molecule has 0 N–H and O–H groups in total. The second-order valence-electron chi connectivity index (χ2n) is 8.86. The lowest BCUT2D eigenvalue weighted by atomic mass is 9.93. The number of sulfone groups is 1. The van der Waals surface area contributed by atoms with Crippen LogP contribution in [0.2, 0.25) is 0 Å². The number of piperidine rings is 2. The van der Waals surface area contributed by atoms with Gasteiger partial charge >= 0.3 is 0 Å². The first-order valence-corrected chi connectivity index (χ1v) is 12.8. The zero-order chi connectivity index (χ0) is 22.2. The van der Waals surface area contributed by atoms with Gasteiger partial charge in [0.15, 0.2) is 15.6 Å². The number of anilines is 1. The van der Waals surface area contributed by atoms with Crippen LogP contribution in [-0.4, -0.2) is 61.6 Å². The Hall–Kier alpha value is -2.42. The molecule has 4 rings (SSSR count). The van der Waals surface area contributed by atoms with Gasteiger partial charge in [-0.05, 0) is 50.7 Å². The number of carbonyl (C=O) groups is 1. The maximum atomic E-state index is 12.7. The first-order chi connectivity index (χ1) is 14.7. The van der Waals surface area contributed by atoms with Crippen molar-refractivity contribution in [2.45, 2.75) is 50.3 Å². The average molecular weight is 447 g/mol. The Kier molecular flexibility index (Phi) is 6.05. The van der Waals surface area contributed by atoms with E-state index in [1.807, 2.05) is 6.92 Å². The topological polar surface area (TPSA) is 96.6 Å². The molecule has 2 aromatic heterocycles. The van der Waals surface area contributed by atoms with Crippen molar-refractivity contribution in [1.82, 2.24) is 14.9 Å². The summed E-state index contributed by atoms with van der Waals surface area (Å²) in [6, 6.07) is 3.48. The Morgan fingerprint density at radius 1 is 1.16 bits per heavy atom. The van der Waals surface area contributed by atoms with Crippen molar-refractivity contribution in [3.63, 3.8) is 0 Å². The summed E-state index contributed by atoms with van der Waals surface area (Å²) in [6.07, 6.45) is 6.25. The molecule has 0 unspecified atom stereocenters. The van der Waals surface area contributed by atoms with Gasteiger partial charge in [-0.1, -0.05) is 6.92 Å². The maximum Gasteiger partial charge on any atom is 0.289 e. The summed E-state index contributed by atoms with van der Waals surface area (Å²) in [5.74, 6) is 2.07. The second kappa shape index (κ2) is 8.61. The van der Waals surface area contributed by atoms with Crippen molar-refractivity contribution in [3.8, 4) is 0 Å². The number of carbonyl (C=O) groups excluding carboxylic acids is 1. The quantitative estimate of drug-likeness (QED) is 0.712. The van der Waals surface area contributed by atoms with E-state index >= 15 is 0 Å². The Bertz CT molecular complexity index is 1060. The number of aromatic nitrogens is 2. The van der Waals surface area contributed by atoms with Crippen LogP contribution in [0.15, 0.2) is 27.6 Å². The molecule has 0 spiro atoms. The summed E-state index contributed by atoms with van der Waals surface area (Å²) in [6.45, 7) is 6.86. The Balaban J connectivity index is 1.55. The maximum absolute atomic E-state index is 12.7. The molecule has 1 atom stereocenters. The summed E-state index contributed by atoms with van der Waals surface area (Å²) in [7, 11) is -3.45. The van der Waals surface area contributed by atoms with Gasteiger partial charge in [0.2, 0.25) is 5.95 Å². The van der Waals surface area contributed by atoms with Gasteiger partial charge in [-0.25, -0.2) is 18.4 Å². The molecule has 1 amide bonds. The van der Waals surface area contributed by atoms with Gasteiger partial charge in [-0.3, -0.25) is 4.79 Å². The molecule has 31 heavy (non-hydrogen) atoms. The number of rotatable bonds is 4. The molecule has 9 heteroatoms. The van der Waals surface area contributed by atoms with Crippen molar-refractivity contribution < 1.29 is 17.6 Å². The Labute approximate surface area is 183 Å². The number of aryl methyl sites for hydroxylation is 1. The molecule has 2 aliphatic rings. The van der Waals surface area contributed by atoms with Crippen LogP contribution in [0.25, 0.3) is 0 Å². The van der Waals surface area contributed by atoms with E-state index in [0.717, 1.165) is 19.5 Å². The number of nitrogens with zero attached hydrogens (tertiary/aromatic N) is 4. The molecular formula is C22H30N4O4S. The van der Waals surface area contributed by atoms with Crippen molar-refractivity contribution in [3.05, 3.63) is 35.5 Å². The van der Waals surface area contributed by atoms with E-state index in [9.17, 15) is 13.2 Å². The van der Waals surface area contributed by atoms with Crippen LogP contribution in [0.4, 0.5) is 5.95 Å². The molecule has 8 nitrogen and oxygen atoms in total. The Morgan fingerprint density at radius 2 is 1.90 bits per heavy atom. The van der Waals surface area contributed by atoms with E-state index in [2.05, 4.69) is 16.8 Å². The predicted molar refractivity (Wildman–Crippen MR) is 117 cm³/mol. The van der Waals surface area contributed by atoms with Gasteiger partial charge in [-0.2, -0.15) is 0 Å². The summed E-state index contributed by atoms with van der Waals surface area (Å²) in [5, 5.41) is 0. The fourth-order valence-corrected chi connectivity index (χ4v) is 5.37. The predicted octanol–water partition coefficient (Wildman–Crippen LogP) is 3.04. The van der Waals surface area contributed by atoms with E-state index in [-0.39, 0.29) is 16.7 Å². The van der Waals surface area contributed by atoms with Crippen molar-refractivity contribution >= 4 is 21.7 Å². The molecule has 0 bridgehead atoms. The highest BCUT2D eigenvalue weighted by atomic mass is 32.2. The van der Waals surface area contributed by atoms with Crippen LogP contribution < -0.4 is 4.90 Å². The number of hydrogen-bond donors (Lipinski definition) is 0. The molecule has 2 aromatic rings. The molecule has 0 radical (unpaired) electrons. The summed E-state index contributed by atoms with van der Waals surface area (Å²) in [4.78, 5) is 26.0. The number of amides is 1. The summed E-state index contributed by atoms with van der Waals surface area (Å²) >= 11 is 0. The largest absolute Gasteiger partial charge is 0.456 e. The number of likely N-dealkylation sites (tertiary alicyclic amines) is 1. The summed E-state index contributed by atoms with van der Waals surface area (Å²) in [5.41, 5.74) is 0.590. The minimum atomic E-state index is -3.45. The normalized spacial score (nSPS) is 20.8. The third-order valence-electron chi connectivity index (χ3n) is 6.23. The van der Waals surface area contributed by atoms with Crippen molar-refractivity contribution in [1.29, 1.82) is 0 Å². The molecule has 2 fully saturated rings. The fourth-order valence-electron chi connectivity index (χ4n) is 4.54. The number of hydrogen-bond acceptors (Lipinski definition) is 7. The zero-order valence-electron chi connectivity index (χ0n) is 18.4. The highest BCUT2D eigenvalue weighted by Gasteiger charge is 2.31. The molecule has 168 valence electrons. The number of furan rings is 1. The van der Waals surface area contributed by atoms with Crippen LogP contribution in [0.3, 0.4) is 0 Å². The van der Waals surface area contributed by atoms with Crippen LogP contribution in [0.1, 0.15) is 60.5 Å². The second-order valence-corrected chi connectivity index (χ2v) is 10.8. The molecule has 0 aliphatic carbocycles. The van der Waals surface area contributed by atoms with E-state index < -0.39 is 9.84 Å². The van der Waals surface area contributed by atoms with E-state index in [1.54, 1.807) is 17.0 Å². The zero-order valence-corrected chi connectivity index (χ0v) is 19.2. The molecule has 2 aliphatic heterocycles. The summed E-state index contributed by atoms with van der Waals surface area (Å²) < 4.78 is 30.3. The molecule has 0 saturated carbocycles. The third-order valence-corrected chi connectivity index (χ3v) is 7.34. The lowest BCUT2D eigenvalue weighted by Gasteiger charge is -2.33. The molecule has 2 saturated heterocycles. The molecular weight excluding hydrogens is 416 g/mol. The van der Waals surface area contributed by atoms with Crippen molar-refractivity contribution in [2.75, 3.05) is 37.3 Å². The first kappa shape index (κ1) is 21.8. The van der Waals surface area contributed by atoms with Crippen LogP contribution in [0.5, 0.6) is 0 Å². The van der Waals surface area contributed by atoms with Gasteiger partial charge in [0, 0.05) is 38.4 Å². The van der Waals surface area contributed by atoms with Gasteiger partial charge in [0.05, 0.1) is 11.9 Å². The lowest BCUT2D eigenvalue weighted by Crippen LogP contribution is -2.38. The van der Waals surface area contributed by atoms with Gasteiger partial charge in [-0.15, -0.1) is 0 Å². The third kappa shape index (κ3) is 4.76. The van der Waals surface area contributed by atoms with E-state index in [1.165, 1.54) is 18.9 Å². The van der Waals surface area contributed by atoms with Gasteiger partial charge in [0.1, 0.15) is 10.7 Å². The Morgan fingerprint density at radius 3 is 2.52 bits per heavy atom. The minimum absolute atomic E-state index is 0.0314. The highest BCUT2D eigenvalue weighted by Crippen LogP contribution is 2.33. The molecule has 0 aromatic carbocycles. The van der Waals surface area contributed by atoms with E-state index in [0.29, 0.717) is 55.0 Å². The van der Waals surface area contributed by atoms with Crippen LogP contribution in [-0.2, 0) is 9.84 Å². The standard InChI is InChI=1S/C22H30N4O4S/c1-15-5-4-10-26(14-15)22-23-13-19(31(3,28)29)20(24-22)17-8-11-25(12-9-17)21(27)18-7-6-16(2)30-18/h6-7,13,15,17H,4-5,8-12,14H2,1-3H3/t15-/m0/s1. The minimum Gasteiger partial charge on any atom is -0.456 e. The fraction of sp³-hybridized carbons (Fsp3) is 0.591. The smallest absolute Gasteiger partial charge is 0.289 e. The van der Waals surface area contributed by atoms with Crippen molar-refractivity contribution in [2.24, 2.45) is 5.92 Å². The SMILES string of the molecule is Cc1ccc(C(=O)N2CCC(c3nc(N4CCC[C@H](C)C4)ncc3S(C)(=O)=O)CC2)o1. The molecule has 4 heterocycles. The van der Waals surface area contributed by atoms with E-state index in [4.69, 9.17) is 9.40 Å². The average Bonchev–Trinajstić information content (AvgIpc) is 3.18. The van der Waals surface area contributed by atoms with Crippen LogP contribution in [0, 0.1) is 12.8 Å². The monoisotopic (exact) mass is 446 g/mol. The van der Waals surface area contributed by atoms with Gasteiger partial charge < -0.3 is 14.2 Å². The van der Waals surface area contributed by atoms with Gasteiger partial charge in [0.25, 0.3) is 5.91 Å².